The molecule has 5 heteroatoms. The topological polar surface area (TPSA) is 35.5 Å². The Kier molecular flexibility index (Phi) is 5.85. The minimum atomic E-state index is -0.366. The minimum Gasteiger partial charge on any atom is -0.399 e. The highest BCUT2D eigenvalue weighted by atomic mass is 32.2. The van der Waals surface area contributed by atoms with Crippen LogP contribution in [0.1, 0.15) is 38.8 Å². The normalized spacial score (nSPS) is 17.9. The number of thioether (sulfide) groups is 1. The molecule has 1 aliphatic heterocycles. The fourth-order valence-electron chi connectivity index (χ4n) is 3.03. The standard InChI is InChI=1S/C22H27BO3S/c1-21(2)22(3,4)26-23(25-21)18-10-6-16(7-11-18)14-19(24)15-17-8-12-20(27-5)13-9-17/h6-13H,14-15H2,1-5H3. The molecule has 1 aliphatic rings. The van der Waals surface area contributed by atoms with Gasteiger partial charge in [0.15, 0.2) is 0 Å². The van der Waals surface area contributed by atoms with Crippen molar-refractivity contribution in [2.45, 2.75) is 56.6 Å². The molecule has 1 saturated heterocycles. The number of hydrogen-bond acceptors (Lipinski definition) is 4. The zero-order valence-electron chi connectivity index (χ0n) is 16.7. The van der Waals surface area contributed by atoms with Crippen LogP contribution in [0.3, 0.4) is 0 Å². The monoisotopic (exact) mass is 382 g/mol. The van der Waals surface area contributed by atoms with Gasteiger partial charge in [-0.2, -0.15) is 0 Å². The maximum atomic E-state index is 12.4. The first-order valence-corrected chi connectivity index (χ1v) is 10.5. The zero-order valence-corrected chi connectivity index (χ0v) is 17.6. The molecule has 0 spiro atoms. The van der Waals surface area contributed by atoms with Crippen molar-refractivity contribution in [1.29, 1.82) is 0 Å². The maximum absolute atomic E-state index is 12.4. The van der Waals surface area contributed by atoms with Crippen molar-refractivity contribution in [2.75, 3.05) is 6.26 Å². The predicted molar refractivity (Wildman–Crippen MR) is 113 cm³/mol. The van der Waals surface area contributed by atoms with E-state index in [2.05, 4.69) is 12.1 Å². The quantitative estimate of drug-likeness (QED) is 0.558. The number of benzene rings is 2. The lowest BCUT2D eigenvalue weighted by atomic mass is 9.78. The third kappa shape index (κ3) is 4.65. The molecule has 0 amide bonds. The smallest absolute Gasteiger partial charge is 0.399 e. The fourth-order valence-corrected chi connectivity index (χ4v) is 3.44. The van der Waals surface area contributed by atoms with Gasteiger partial charge in [-0.3, -0.25) is 4.79 Å². The molecule has 0 aromatic heterocycles. The number of Topliss-reactive ketones (excluding diaryl/α,β-unsaturated/α-hetero) is 1. The number of carbonyl (C=O) groups excluding carboxylic acids is 1. The van der Waals surface area contributed by atoms with E-state index in [1.54, 1.807) is 11.8 Å². The lowest BCUT2D eigenvalue weighted by Gasteiger charge is -2.32. The number of rotatable bonds is 6. The van der Waals surface area contributed by atoms with Crippen molar-refractivity contribution in [2.24, 2.45) is 0 Å². The molecule has 0 N–H and O–H groups in total. The zero-order chi connectivity index (χ0) is 19.7. The maximum Gasteiger partial charge on any atom is 0.494 e. The average Bonchev–Trinajstić information content (AvgIpc) is 2.84. The van der Waals surface area contributed by atoms with Gasteiger partial charge in [-0.05, 0) is 62.7 Å². The lowest BCUT2D eigenvalue weighted by Crippen LogP contribution is -2.41. The predicted octanol–water partition coefficient (Wildman–Crippen LogP) is 4.06. The second-order valence-electron chi connectivity index (χ2n) is 8.07. The average molecular weight is 382 g/mol. The van der Waals surface area contributed by atoms with E-state index in [0.717, 1.165) is 16.6 Å². The van der Waals surface area contributed by atoms with Crippen LogP contribution in [0.25, 0.3) is 0 Å². The Labute approximate surface area is 167 Å². The van der Waals surface area contributed by atoms with Gasteiger partial charge in [-0.25, -0.2) is 0 Å². The van der Waals surface area contributed by atoms with E-state index in [-0.39, 0.29) is 24.1 Å². The van der Waals surface area contributed by atoms with Gasteiger partial charge in [-0.15, -0.1) is 11.8 Å². The number of ketones is 1. The molecule has 0 unspecified atom stereocenters. The van der Waals surface area contributed by atoms with Crippen LogP contribution in [-0.2, 0) is 26.9 Å². The van der Waals surface area contributed by atoms with Crippen LogP contribution in [0, 0.1) is 0 Å². The van der Waals surface area contributed by atoms with Crippen molar-refractivity contribution in [3.05, 3.63) is 59.7 Å². The molecule has 3 nitrogen and oxygen atoms in total. The Morgan fingerprint density at radius 2 is 1.30 bits per heavy atom. The fraction of sp³-hybridized carbons (Fsp3) is 0.409. The first-order chi connectivity index (χ1) is 12.7. The minimum absolute atomic E-state index is 0.218. The summed E-state index contributed by atoms with van der Waals surface area (Å²) in [6.45, 7) is 8.19. The second-order valence-corrected chi connectivity index (χ2v) is 8.95. The highest BCUT2D eigenvalue weighted by Gasteiger charge is 2.51. The van der Waals surface area contributed by atoms with Crippen molar-refractivity contribution < 1.29 is 14.1 Å². The molecule has 0 atom stereocenters. The van der Waals surface area contributed by atoms with Gasteiger partial charge >= 0.3 is 7.12 Å². The van der Waals surface area contributed by atoms with Crippen molar-refractivity contribution >= 4 is 30.1 Å². The third-order valence-corrected chi connectivity index (χ3v) is 6.21. The van der Waals surface area contributed by atoms with Crippen LogP contribution >= 0.6 is 11.8 Å². The van der Waals surface area contributed by atoms with Crippen LogP contribution < -0.4 is 5.46 Å². The molecule has 0 saturated carbocycles. The van der Waals surface area contributed by atoms with E-state index in [0.29, 0.717) is 12.8 Å². The molecule has 27 heavy (non-hydrogen) atoms. The highest BCUT2D eigenvalue weighted by molar-refractivity contribution is 7.98. The van der Waals surface area contributed by atoms with Gasteiger partial charge in [0.1, 0.15) is 5.78 Å². The third-order valence-electron chi connectivity index (χ3n) is 5.47. The van der Waals surface area contributed by atoms with Gasteiger partial charge < -0.3 is 9.31 Å². The summed E-state index contributed by atoms with van der Waals surface area (Å²) in [5.74, 6) is 0.218. The van der Waals surface area contributed by atoms with E-state index in [1.807, 2.05) is 70.3 Å². The van der Waals surface area contributed by atoms with E-state index >= 15 is 0 Å². The van der Waals surface area contributed by atoms with Gasteiger partial charge in [0.05, 0.1) is 11.2 Å². The summed E-state index contributed by atoms with van der Waals surface area (Å²) in [4.78, 5) is 13.6. The van der Waals surface area contributed by atoms with Crippen molar-refractivity contribution in [1.82, 2.24) is 0 Å². The van der Waals surface area contributed by atoms with Gasteiger partial charge in [-0.1, -0.05) is 36.4 Å². The molecule has 3 rings (SSSR count). The second kappa shape index (κ2) is 7.82. The molecule has 0 bridgehead atoms. The van der Waals surface area contributed by atoms with E-state index < -0.39 is 0 Å². The molecular weight excluding hydrogens is 355 g/mol. The summed E-state index contributed by atoms with van der Waals surface area (Å²) in [5, 5.41) is 0. The Morgan fingerprint density at radius 1 is 0.852 bits per heavy atom. The van der Waals surface area contributed by atoms with Gasteiger partial charge in [0.25, 0.3) is 0 Å². The summed E-state index contributed by atoms with van der Waals surface area (Å²) in [6, 6.07) is 16.2. The van der Waals surface area contributed by atoms with E-state index in [9.17, 15) is 4.79 Å². The SMILES string of the molecule is CSc1ccc(CC(=O)Cc2ccc(B3OC(C)(C)C(C)(C)O3)cc2)cc1. The Hall–Kier alpha value is -1.56. The Morgan fingerprint density at radius 3 is 1.74 bits per heavy atom. The molecular formula is C22H27BO3S. The van der Waals surface area contributed by atoms with E-state index in [4.69, 9.17) is 9.31 Å². The summed E-state index contributed by atoms with van der Waals surface area (Å²) in [7, 11) is -0.366. The summed E-state index contributed by atoms with van der Waals surface area (Å²) in [5.41, 5.74) is 2.36. The first kappa shape index (κ1) is 20.2. The summed E-state index contributed by atoms with van der Waals surface area (Å²) in [6.07, 6.45) is 2.95. The molecule has 0 radical (unpaired) electrons. The molecule has 2 aromatic carbocycles. The lowest BCUT2D eigenvalue weighted by molar-refractivity contribution is -0.117. The van der Waals surface area contributed by atoms with Crippen LogP contribution in [0.2, 0.25) is 0 Å². The largest absolute Gasteiger partial charge is 0.494 e. The van der Waals surface area contributed by atoms with Crippen molar-refractivity contribution in [3.63, 3.8) is 0 Å². The first-order valence-electron chi connectivity index (χ1n) is 9.29. The van der Waals surface area contributed by atoms with Crippen LogP contribution in [0.15, 0.2) is 53.4 Å². The molecule has 1 fully saturated rings. The van der Waals surface area contributed by atoms with Crippen LogP contribution in [0.5, 0.6) is 0 Å². The Bertz CT molecular complexity index is 781. The van der Waals surface area contributed by atoms with Crippen LogP contribution in [-0.4, -0.2) is 30.4 Å². The molecule has 1 heterocycles. The van der Waals surface area contributed by atoms with Crippen LogP contribution in [0.4, 0.5) is 0 Å². The summed E-state index contributed by atoms with van der Waals surface area (Å²) < 4.78 is 12.2. The highest BCUT2D eigenvalue weighted by Crippen LogP contribution is 2.36. The van der Waals surface area contributed by atoms with Gasteiger partial charge in [0.2, 0.25) is 0 Å². The van der Waals surface area contributed by atoms with Gasteiger partial charge in [0, 0.05) is 17.7 Å². The number of hydrogen-bond donors (Lipinski definition) is 0. The molecule has 0 aliphatic carbocycles. The molecule has 142 valence electrons. The van der Waals surface area contributed by atoms with E-state index in [1.165, 1.54) is 4.90 Å². The Balaban J connectivity index is 1.60. The number of carbonyl (C=O) groups is 1. The molecule has 2 aromatic rings. The summed E-state index contributed by atoms with van der Waals surface area (Å²) >= 11 is 1.70. The van der Waals surface area contributed by atoms with Crippen molar-refractivity contribution in [3.8, 4) is 0 Å².